The SMILES string of the molecule is Fc1cc(F)c(Nc2nc(Cl)nc3sccc23)cc1F. The van der Waals surface area contributed by atoms with Gasteiger partial charge in [0.25, 0.3) is 0 Å². The van der Waals surface area contributed by atoms with Crippen LogP contribution in [-0.2, 0) is 0 Å². The lowest BCUT2D eigenvalue weighted by Gasteiger charge is -2.08. The molecule has 2 aromatic heterocycles. The lowest BCUT2D eigenvalue weighted by atomic mass is 10.2. The Bertz CT molecular complexity index is 806. The second-order valence-electron chi connectivity index (χ2n) is 3.85. The van der Waals surface area contributed by atoms with Crippen LogP contribution in [0.4, 0.5) is 24.7 Å². The molecule has 0 saturated carbocycles. The molecule has 0 atom stereocenters. The zero-order valence-corrected chi connectivity index (χ0v) is 11.2. The number of hydrogen-bond acceptors (Lipinski definition) is 4. The van der Waals surface area contributed by atoms with Crippen molar-refractivity contribution < 1.29 is 13.2 Å². The molecule has 102 valence electrons. The molecule has 0 spiro atoms. The first kappa shape index (κ1) is 13.1. The van der Waals surface area contributed by atoms with Crippen LogP contribution in [0.1, 0.15) is 0 Å². The van der Waals surface area contributed by atoms with Crippen LogP contribution in [0.15, 0.2) is 23.6 Å². The summed E-state index contributed by atoms with van der Waals surface area (Å²) >= 11 is 7.09. The molecule has 0 radical (unpaired) electrons. The van der Waals surface area contributed by atoms with Gasteiger partial charge in [0.2, 0.25) is 5.28 Å². The number of fused-ring (bicyclic) bond motifs is 1. The van der Waals surface area contributed by atoms with Crippen LogP contribution in [0, 0.1) is 17.5 Å². The predicted molar refractivity (Wildman–Crippen MR) is 72.0 cm³/mol. The number of halogens is 4. The van der Waals surface area contributed by atoms with Gasteiger partial charge in [-0.3, -0.25) is 0 Å². The molecule has 3 nitrogen and oxygen atoms in total. The van der Waals surface area contributed by atoms with E-state index in [-0.39, 0.29) is 16.8 Å². The molecule has 0 aliphatic rings. The zero-order chi connectivity index (χ0) is 14.3. The largest absolute Gasteiger partial charge is 0.337 e. The molecule has 0 unspecified atom stereocenters. The fourth-order valence-electron chi connectivity index (χ4n) is 1.67. The number of nitrogens with zero attached hydrogens (tertiary/aromatic N) is 2. The molecular formula is C12H5ClF3N3S. The van der Waals surface area contributed by atoms with Gasteiger partial charge in [-0.05, 0) is 23.0 Å². The Morgan fingerprint density at radius 1 is 1.05 bits per heavy atom. The Morgan fingerprint density at radius 3 is 2.60 bits per heavy atom. The van der Waals surface area contributed by atoms with Crippen molar-refractivity contribution >= 4 is 44.7 Å². The standard InChI is InChI=1S/C12H5ClF3N3S/c13-12-18-10(5-1-2-20-11(5)19-12)17-9-4-7(15)6(14)3-8(9)16/h1-4H,(H,17,18,19). The zero-order valence-electron chi connectivity index (χ0n) is 9.62. The highest BCUT2D eigenvalue weighted by Gasteiger charge is 2.13. The highest BCUT2D eigenvalue weighted by molar-refractivity contribution is 7.16. The monoisotopic (exact) mass is 315 g/mol. The van der Waals surface area contributed by atoms with E-state index >= 15 is 0 Å². The fraction of sp³-hybridized carbons (Fsp3) is 0. The van der Waals surface area contributed by atoms with Gasteiger partial charge < -0.3 is 5.32 Å². The van der Waals surface area contributed by atoms with Crippen molar-refractivity contribution in [3.8, 4) is 0 Å². The first-order valence-electron chi connectivity index (χ1n) is 5.37. The van der Waals surface area contributed by atoms with E-state index in [0.717, 1.165) is 6.07 Å². The molecule has 1 N–H and O–H groups in total. The summed E-state index contributed by atoms with van der Waals surface area (Å²) in [7, 11) is 0. The Kier molecular flexibility index (Phi) is 3.23. The summed E-state index contributed by atoms with van der Waals surface area (Å²) in [5.74, 6) is -3.11. The van der Waals surface area contributed by atoms with Gasteiger partial charge in [-0.2, -0.15) is 4.98 Å². The number of hydrogen-bond donors (Lipinski definition) is 1. The van der Waals surface area contributed by atoms with E-state index in [0.29, 0.717) is 16.3 Å². The first-order valence-corrected chi connectivity index (χ1v) is 6.62. The summed E-state index contributed by atoms with van der Waals surface area (Å²) in [6.45, 7) is 0. The van der Waals surface area contributed by atoms with E-state index < -0.39 is 17.5 Å². The minimum atomic E-state index is -1.26. The van der Waals surface area contributed by atoms with Crippen LogP contribution in [0.5, 0.6) is 0 Å². The molecule has 1 aromatic carbocycles. The molecule has 0 bridgehead atoms. The minimum absolute atomic E-state index is 0.0227. The summed E-state index contributed by atoms with van der Waals surface area (Å²) in [5.41, 5.74) is -0.230. The van der Waals surface area contributed by atoms with Gasteiger partial charge in [-0.1, -0.05) is 0 Å². The van der Waals surface area contributed by atoms with Gasteiger partial charge in [0.05, 0.1) is 11.1 Å². The molecule has 0 saturated heterocycles. The first-order chi connectivity index (χ1) is 9.54. The molecule has 3 aromatic rings. The van der Waals surface area contributed by atoms with Gasteiger partial charge in [-0.15, -0.1) is 11.3 Å². The third-order valence-electron chi connectivity index (χ3n) is 2.56. The van der Waals surface area contributed by atoms with Crippen LogP contribution < -0.4 is 5.32 Å². The Balaban J connectivity index is 2.09. The summed E-state index contributed by atoms with van der Waals surface area (Å²) in [5, 5.41) is 4.96. The van der Waals surface area contributed by atoms with Gasteiger partial charge >= 0.3 is 0 Å². The second-order valence-corrected chi connectivity index (χ2v) is 5.08. The minimum Gasteiger partial charge on any atom is -0.337 e. The number of anilines is 2. The summed E-state index contributed by atoms with van der Waals surface area (Å²) in [4.78, 5) is 8.53. The van der Waals surface area contributed by atoms with Crippen LogP contribution in [0.25, 0.3) is 10.2 Å². The Hall–Kier alpha value is -1.86. The molecule has 0 aliphatic carbocycles. The van der Waals surface area contributed by atoms with Crippen molar-refractivity contribution in [1.82, 2.24) is 9.97 Å². The van der Waals surface area contributed by atoms with Gasteiger partial charge in [0.1, 0.15) is 16.5 Å². The highest BCUT2D eigenvalue weighted by Crippen LogP contribution is 2.30. The molecule has 0 fully saturated rings. The van der Waals surface area contributed by atoms with Crippen molar-refractivity contribution in [2.75, 3.05) is 5.32 Å². The highest BCUT2D eigenvalue weighted by atomic mass is 35.5. The van der Waals surface area contributed by atoms with E-state index in [4.69, 9.17) is 11.6 Å². The van der Waals surface area contributed by atoms with Crippen molar-refractivity contribution in [2.24, 2.45) is 0 Å². The number of rotatable bonds is 2. The van der Waals surface area contributed by atoms with Crippen molar-refractivity contribution in [3.63, 3.8) is 0 Å². The average molecular weight is 316 g/mol. The molecule has 2 heterocycles. The number of benzene rings is 1. The molecule has 0 amide bonds. The number of thiophene rings is 1. The van der Waals surface area contributed by atoms with E-state index in [9.17, 15) is 13.2 Å². The van der Waals surface area contributed by atoms with Crippen LogP contribution >= 0.6 is 22.9 Å². The smallest absolute Gasteiger partial charge is 0.225 e. The van der Waals surface area contributed by atoms with Crippen molar-refractivity contribution in [3.05, 3.63) is 46.3 Å². The van der Waals surface area contributed by atoms with Gasteiger partial charge in [0.15, 0.2) is 11.6 Å². The Labute approximate surface area is 120 Å². The summed E-state index contributed by atoms with van der Waals surface area (Å²) in [6.07, 6.45) is 0. The lowest BCUT2D eigenvalue weighted by molar-refractivity contribution is 0.496. The van der Waals surface area contributed by atoms with Gasteiger partial charge in [-0.25, -0.2) is 18.2 Å². The second kappa shape index (κ2) is 4.92. The topological polar surface area (TPSA) is 37.8 Å². The maximum Gasteiger partial charge on any atom is 0.225 e. The van der Waals surface area contributed by atoms with E-state index in [2.05, 4.69) is 15.3 Å². The summed E-state index contributed by atoms with van der Waals surface area (Å²) in [6, 6.07) is 2.90. The normalized spacial score (nSPS) is 11.0. The van der Waals surface area contributed by atoms with Crippen LogP contribution in [0.2, 0.25) is 5.28 Å². The third-order valence-corrected chi connectivity index (χ3v) is 3.54. The van der Waals surface area contributed by atoms with Crippen molar-refractivity contribution in [1.29, 1.82) is 0 Å². The maximum atomic E-state index is 13.6. The summed E-state index contributed by atoms with van der Waals surface area (Å²) < 4.78 is 39.6. The molecule has 8 heteroatoms. The molecule has 3 rings (SSSR count). The predicted octanol–water partition coefficient (Wildman–Crippen LogP) is 4.51. The Morgan fingerprint density at radius 2 is 1.80 bits per heavy atom. The van der Waals surface area contributed by atoms with Crippen molar-refractivity contribution in [2.45, 2.75) is 0 Å². The maximum absolute atomic E-state index is 13.6. The lowest BCUT2D eigenvalue weighted by Crippen LogP contribution is -2.00. The van der Waals surface area contributed by atoms with Gasteiger partial charge in [0, 0.05) is 12.1 Å². The third kappa shape index (κ3) is 2.30. The van der Waals surface area contributed by atoms with E-state index in [1.165, 1.54) is 11.3 Å². The molecule has 0 aliphatic heterocycles. The van der Waals surface area contributed by atoms with Crippen LogP contribution in [-0.4, -0.2) is 9.97 Å². The van der Waals surface area contributed by atoms with E-state index in [1.54, 1.807) is 11.4 Å². The molecular weight excluding hydrogens is 311 g/mol. The average Bonchev–Trinajstić information content (AvgIpc) is 2.84. The van der Waals surface area contributed by atoms with E-state index in [1.807, 2.05) is 0 Å². The number of nitrogens with one attached hydrogen (secondary N) is 1. The quantitative estimate of drug-likeness (QED) is 0.558. The molecule has 20 heavy (non-hydrogen) atoms. The number of aromatic nitrogens is 2. The van der Waals surface area contributed by atoms with Crippen LogP contribution in [0.3, 0.4) is 0 Å². The fourth-order valence-corrected chi connectivity index (χ4v) is 2.65.